The van der Waals surface area contributed by atoms with Crippen molar-refractivity contribution >= 4 is 21.6 Å². The molecule has 0 spiro atoms. The van der Waals surface area contributed by atoms with Crippen molar-refractivity contribution in [2.45, 2.75) is 13.3 Å². The molecular weight excluding hydrogens is 182 g/mol. The SMILES string of the molecule is CCc1cc(OC)cc2sncc12. The summed E-state index contributed by atoms with van der Waals surface area (Å²) >= 11 is 1.52. The minimum Gasteiger partial charge on any atom is -0.497 e. The highest BCUT2D eigenvalue weighted by atomic mass is 32.1. The molecule has 0 amide bonds. The lowest BCUT2D eigenvalue weighted by atomic mass is 10.1. The van der Waals surface area contributed by atoms with Gasteiger partial charge in [-0.05, 0) is 35.6 Å². The Labute approximate surface area is 81.3 Å². The molecule has 0 aliphatic carbocycles. The molecule has 0 unspecified atom stereocenters. The van der Waals surface area contributed by atoms with Crippen LogP contribution in [0.3, 0.4) is 0 Å². The van der Waals surface area contributed by atoms with Gasteiger partial charge in [-0.15, -0.1) is 0 Å². The van der Waals surface area contributed by atoms with Crippen LogP contribution in [0.5, 0.6) is 5.75 Å². The molecule has 0 atom stereocenters. The van der Waals surface area contributed by atoms with Crippen LogP contribution in [0.2, 0.25) is 0 Å². The van der Waals surface area contributed by atoms with Gasteiger partial charge in [-0.3, -0.25) is 0 Å². The summed E-state index contributed by atoms with van der Waals surface area (Å²) in [5.74, 6) is 0.925. The Morgan fingerprint density at radius 2 is 2.31 bits per heavy atom. The summed E-state index contributed by atoms with van der Waals surface area (Å²) in [6.45, 7) is 2.14. The van der Waals surface area contributed by atoms with Gasteiger partial charge in [0, 0.05) is 11.6 Å². The van der Waals surface area contributed by atoms with E-state index in [-0.39, 0.29) is 0 Å². The maximum Gasteiger partial charge on any atom is 0.120 e. The second kappa shape index (κ2) is 3.34. The molecule has 0 aliphatic rings. The van der Waals surface area contributed by atoms with Crippen LogP contribution in [-0.2, 0) is 6.42 Å². The molecule has 0 saturated heterocycles. The van der Waals surface area contributed by atoms with Crippen LogP contribution in [-0.4, -0.2) is 11.5 Å². The average molecular weight is 193 g/mol. The van der Waals surface area contributed by atoms with Crippen LogP contribution in [0.25, 0.3) is 10.1 Å². The van der Waals surface area contributed by atoms with Gasteiger partial charge in [0.25, 0.3) is 0 Å². The van der Waals surface area contributed by atoms with Crippen molar-refractivity contribution < 1.29 is 4.74 Å². The molecule has 0 aliphatic heterocycles. The molecule has 68 valence electrons. The van der Waals surface area contributed by atoms with Gasteiger partial charge >= 0.3 is 0 Å². The van der Waals surface area contributed by atoms with Gasteiger partial charge in [-0.25, -0.2) is 0 Å². The minimum absolute atomic E-state index is 0.925. The first-order valence-electron chi connectivity index (χ1n) is 4.26. The van der Waals surface area contributed by atoms with Crippen LogP contribution in [0.1, 0.15) is 12.5 Å². The van der Waals surface area contributed by atoms with Crippen LogP contribution in [0.15, 0.2) is 18.3 Å². The van der Waals surface area contributed by atoms with Gasteiger partial charge in [0.2, 0.25) is 0 Å². The number of benzene rings is 1. The lowest BCUT2D eigenvalue weighted by molar-refractivity contribution is 0.415. The van der Waals surface area contributed by atoms with Gasteiger partial charge in [0.1, 0.15) is 5.75 Å². The first-order chi connectivity index (χ1) is 6.35. The van der Waals surface area contributed by atoms with Crippen molar-refractivity contribution in [3.8, 4) is 5.75 Å². The second-order valence-electron chi connectivity index (χ2n) is 2.88. The number of ether oxygens (including phenoxy) is 1. The molecule has 2 aromatic rings. The number of nitrogens with zero attached hydrogens (tertiary/aromatic N) is 1. The van der Waals surface area contributed by atoms with Crippen molar-refractivity contribution in [2.24, 2.45) is 0 Å². The zero-order chi connectivity index (χ0) is 9.26. The monoisotopic (exact) mass is 193 g/mol. The van der Waals surface area contributed by atoms with E-state index in [1.807, 2.05) is 12.3 Å². The molecule has 0 saturated carbocycles. The van der Waals surface area contributed by atoms with Crippen molar-refractivity contribution in [2.75, 3.05) is 7.11 Å². The Bertz CT molecular complexity index is 422. The topological polar surface area (TPSA) is 22.1 Å². The highest BCUT2D eigenvalue weighted by Gasteiger charge is 2.04. The smallest absolute Gasteiger partial charge is 0.120 e. The van der Waals surface area contributed by atoms with Crippen molar-refractivity contribution in [3.63, 3.8) is 0 Å². The quantitative estimate of drug-likeness (QED) is 0.731. The highest BCUT2D eigenvalue weighted by molar-refractivity contribution is 7.13. The van der Waals surface area contributed by atoms with Crippen LogP contribution in [0.4, 0.5) is 0 Å². The van der Waals surface area contributed by atoms with E-state index in [2.05, 4.69) is 17.4 Å². The molecule has 0 fully saturated rings. The van der Waals surface area contributed by atoms with E-state index in [0.717, 1.165) is 12.2 Å². The molecule has 1 aromatic carbocycles. The molecule has 13 heavy (non-hydrogen) atoms. The Morgan fingerprint density at radius 1 is 1.46 bits per heavy atom. The summed E-state index contributed by atoms with van der Waals surface area (Å²) in [4.78, 5) is 0. The molecule has 2 nitrogen and oxygen atoms in total. The molecular formula is C10H11NOS. The Hall–Kier alpha value is -1.09. The summed E-state index contributed by atoms with van der Waals surface area (Å²) in [5.41, 5.74) is 1.31. The molecule has 3 heteroatoms. The van der Waals surface area contributed by atoms with E-state index in [4.69, 9.17) is 4.74 Å². The molecule has 1 aromatic heterocycles. The summed E-state index contributed by atoms with van der Waals surface area (Å²) in [6.07, 6.45) is 2.95. The Kier molecular flexibility index (Phi) is 2.19. The van der Waals surface area contributed by atoms with E-state index in [9.17, 15) is 0 Å². The van der Waals surface area contributed by atoms with E-state index in [1.165, 1.54) is 27.2 Å². The second-order valence-corrected chi connectivity index (χ2v) is 3.71. The van der Waals surface area contributed by atoms with Gasteiger partial charge in [-0.2, -0.15) is 4.37 Å². The number of hydrogen-bond donors (Lipinski definition) is 0. The molecule has 1 heterocycles. The maximum absolute atomic E-state index is 5.21. The first kappa shape index (κ1) is 8.51. The van der Waals surface area contributed by atoms with E-state index >= 15 is 0 Å². The zero-order valence-corrected chi connectivity index (χ0v) is 8.52. The first-order valence-corrected chi connectivity index (χ1v) is 5.03. The molecule has 0 N–H and O–H groups in total. The minimum atomic E-state index is 0.925. The lowest BCUT2D eigenvalue weighted by Gasteiger charge is -2.03. The summed E-state index contributed by atoms with van der Waals surface area (Å²) in [6, 6.07) is 4.11. The molecule has 0 radical (unpaired) electrons. The molecule has 0 bridgehead atoms. The Morgan fingerprint density at radius 3 is 3.00 bits per heavy atom. The summed E-state index contributed by atoms with van der Waals surface area (Å²) in [5, 5.41) is 1.26. The van der Waals surface area contributed by atoms with Gasteiger partial charge < -0.3 is 4.74 Å². The van der Waals surface area contributed by atoms with Crippen molar-refractivity contribution in [1.29, 1.82) is 0 Å². The normalized spacial score (nSPS) is 10.6. The predicted octanol–water partition coefficient (Wildman–Crippen LogP) is 2.87. The summed E-state index contributed by atoms with van der Waals surface area (Å²) in [7, 11) is 1.70. The van der Waals surface area contributed by atoms with Crippen molar-refractivity contribution in [1.82, 2.24) is 4.37 Å². The standard InChI is InChI=1S/C10H11NOS/c1-3-7-4-8(12-2)5-10-9(7)6-11-13-10/h4-6H,3H2,1-2H3. The number of fused-ring (bicyclic) bond motifs is 1. The average Bonchev–Trinajstić information content (AvgIpc) is 2.63. The fourth-order valence-corrected chi connectivity index (χ4v) is 2.15. The third-order valence-corrected chi connectivity index (χ3v) is 2.90. The fraction of sp³-hybridized carbons (Fsp3) is 0.300. The number of rotatable bonds is 2. The van der Waals surface area contributed by atoms with Gasteiger partial charge in [-0.1, -0.05) is 6.92 Å². The van der Waals surface area contributed by atoms with Crippen molar-refractivity contribution in [3.05, 3.63) is 23.9 Å². The van der Waals surface area contributed by atoms with Gasteiger partial charge in [0.15, 0.2) is 0 Å². The van der Waals surface area contributed by atoms with Crippen LogP contribution >= 0.6 is 11.5 Å². The van der Waals surface area contributed by atoms with E-state index in [1.54, 1.807) is 7.11 Å². The third-order valence-electron chi connectivity index (χ3n) is 2.15. The van der Waals surface area contributed by atoms with Crippen LogP contribution in [0, 0.1) is 0 Å². The van der Waals surface area contributed by atoms with Gasteiger partial charge in [0.05, 0.1) is 11.8 Å². The molecule has 2 rings (SSSR count). The lowest BCUT2D eigenvalue weighted by Crippen LogP contribution is -1.86. The van der Waals surface area contributed by atoms with E-state index < -0.39 is 0 Å². The van der Waals surface area contributed by atoms with Crippen LogP contribution < -0.4 is 4.74 Å². The predicted molar refractivity (Wildman–Crippen MR) is 55.6 cm³/mol. The largest absolute Gasteiger partial charge is 0.497 e. The highest BCUT2D eigenvalue weighted by Crippen LogP contribution is 2.27. The number of hydrogen-bond acceptors (Lipinski definition) is 3. The summed E-state index contributed by atoms with van der Waals surface area (Å²) < 4.78 is 10.6. The third kappa shape index (κ3) is 1.40. The van der Waals surface area contributed by atoms with E-state index in [0.29, 0.717) is 0 Å². The number of methoxy groups -OCH3 is 1. The fourth-order valence-electron chi connectivity index (χ4n) is 1.42. The maximum atomic E-state index is 5.21. The number of aromatic nitrogens is 1. The Balaban J connectivity index is 2.70. The zero-order valence-electron chi connectivity index (χ0n) is 7.70. The number of aryl methyl sites for hydroxylation is 1.